The van der Waals surface area contributed by atoms with E-state index in [4.69, 9.17) is 0 Å². The van der Waals surface area contributed by atoms with E-state index in [1.54, 1.807) is 23.5 Å². The summed E-state index contributed by atoms with van der Waals surface area (Å²) in [5.41, 5.74) is 2.62. The molecule has 1 N–H and O–H groups in total. The molecule has 0 saturated heterocycles. The normalized spacial score (nSPS) is 11.7. The molecule has 0 fully saturated rings. The minimum absolute atomic E-state index is 0.299. The van der Waals surface area contributed by atoms with E-state index in [1.807, 2.05) is 24.3 Å². The Morgan fingerprint density at radius 1 is 1.07 bits per heavy atom. The van der Waals surface area contributed by atoms with Crippen molar-refractivity contribution in [2.24, 2.45) is 0 Å². The summed E-state index contributed by atoms with van der Waals surface area (Å²) < 4.78 is 40.8. The predicted octanol–water partition coefficient (Wildman–Crippen LogP) is 5.43. The van der Waals surface area contributed by atoms with Crippen LogP contribution >= 0.6 is 0 Å². The van der Waals surface area contributed by atoms with Crippen LogP contribution in [0.25, 0.3) is 16.7 Å². The highest BCUT2D eigenvalue weighted by atomic mass is 19.4. The second-order valence-corrected chi connectivity index (χ2v) is 6.16. The first-order chi connectivity index (χ1) is 12.9. The molecule has 0 aliphatic heterocycles. The van der Waals surface area contributed by atoms with Crippen LogP contribution in [0.4, 0.5) is 24.7 Å². The molecule has 2 aromatic carbocycles. The standard InChI is InChI=1S/C20H13F3N4/c1-12-9-18(25-14-6-4-5-13(10-14)20(21,22)23)27-17-8-3-2-7-16(17)26-19(27)15(12)11-24/h2-10,25H,1H3. The fourth-order valence-electron chi connectivity index (χ4n) is 3.11. The first-order valence-corrected chi connectivity index (χ1v) is 8.13. The molecule has 0 aliphatic rings. The first kappa shape index (κ1) is 16.9. The van der Waals surface area contributed by atoms with Gasteiger partial charge in [0.15, 0.2) is 5.65 Å². The molecule has 27 heavy (non-hydrogen) atoms. The summed E-state index contributed by atoms with van der Waals surface area (Å²) >= 11 is 0. The predicted molar refractivity (Wildman–Crippen MR) is 96.9 cm³/mol. The molecule has 0 radical (unpaired) electrons. The van der Waals surface area contributed by atoms with Gasteiger partial charge in [-0.3, -0.25) is 4.40 Å². The monoisotopic (exact) mass is 366 g/mol. The fourth-order valence-corrected chi connectivity index (χ4v) is 3.11. The lowest BCUT2D eigenvalue weighted by atomic mass is 10.1. The number of aryl methyl sites for hydroxylation is 1. The van der Waals surface area contributed by atoms with Gasteiger partial charge in [-0.05, 0) is 48.9 Å². The van der Waals surface area contributed by atoms with Gasteiger partial charge in [0.1, 0.15) is 11.9 Å². The van der Waals surface area contributed by atoms with Gasteiger partial charge in [0.2, 0.25) is 0 Å². The average molecular weight is 366 g/mol. The zero-order valence-electron chi connectivity index (χ0n) is 14.2. The topological polar surface area (TPSA) is 53.1 Å². The summed E-state index contributed by atoms with van der Waals surface area (Å²) in [5, 5.41) is 12.5. The molecule has 0 saturated carbocycles. The van der Waals surface area contributed by atoms with Crippen molar-refractivity contribution in [3.05, 3.63) is 71.3 Å². The van der Waals surface area contributed by atoms with Gasteiger partial charge >= 0.3 is 6.18 Å². The molecule has 0 unspecified atom stereocenters. The van der Waals surface area contributed by atoms with Crippen LogP contribution < -0.4 is 5.32 Å². The van der Waals surface area contributed by atoms with Crippen LogP contribution in [0.3, 0.4) is 0 Å². The Bertz CT molecular complexity index is 1220. The van der Waals surface area contributed by atoms with Gasteiger partial charge in [0.25, 0.3) is 0 Å². The number of pyridine rings is 1. The highest BCUT2D eigenvalue weighted by Gasteiger charge is 2.30. The molecule has 0 aliphatic carbocycles. The number of aromatic nitrogens is 2. The van der Waals surface area contributed by atoms with Gasteiger partial charge in [-0.1, -0.05) is 18.2 Å². The molecular formula is C20H13F3N4. The van der Waals surface area contributed by atoms with Crippen LogP contribution in [-0.4, -0.2) is 9.38 Å². The quantitative estimate of drug-likeness (QED) is 0.515. The van der Waals surface area contributed by atoms with Crippen LogP contribution in [0.1, 0.15) is 16.7 Å². The Hall–Kier alpha value is -3.53. The van der Waals surface area contributed by atoms with E-state index in [0.29, 0.717) is 33.8 Å². The second kappa shape index (κ2) is 6.02. The Balaban J connectivity index is 1.94. The highest BCUT2D eigenvalue weighted by Crippen LogP contribution is 2.33. The molecular weight excluding hydrogens is 353 g/mol. The van der Waals surface area contributed by atoms with Gasteiger partial charge in [-0.2, -0.15) is 18.4 Å². The minimum atomic E-state index is -4.42. The number of rotatable bonds is 2. The van der Waals surface area contributed by atoms with Gasteiger partial charge < -0.3 is 5.32 Å². The first-order valence-electron chi connectivity index (χ1n) is 8.13. The average Bonchev–Trinajstić information content (AvgIpc) is 3.01. The molecule has 0 bridgehead atoms. The molecule has 2 heterocycles. The van der Waals surface area contributed by atoms with Gasteiger partial charge in [0, 0.05) is 5.69 Å². The molecule has 134 valence electrons. The number of alkyl halides is 3. The fraction of sp³-hybridized carbons (Fsp3) is 0.100. The SMILES string of the molecule is Cc1cc(Nc2cccc(C(F)(F)F)c2)n2c(nc3ccccc32)c1C#N. The molecule has 2 aromatic heterocycles. The Morgan fingerprint density at radius 2 is 1.85 bits per heavy atom. The Labute approximate surface area is 152 Å². The minimum Gasteiger partial charge on any atom is -0.341 e. The molecule has 7 heteroatoms. The number of anilines is 2. The number of nitrogens with zero attached hydrogens (tertiary/aromatic N) is 3. The number of nitriles is 1. The second-order valence-electron chi connectivity index (χ2n) is 6.16. The van der Waals surface area contributed by atoms with Crippen molar-refractivity contribution in [3.8, 4) is 6.07 Å². The zero-order chi connectivity index (χ0) is 19.2. The number of nitrogens with one attached hydrogen (secondary N) is 1. The maximum atomic E-state index is 13.0. The molecule has 0 spiro atoms. The van der Waals surface area contributed by atoms with E-state index >= 15 is 0 Å². The van der Waals surface area contributed by atoms with Crippen molar-refractivity contribution in [1.82, 2.24) is 9.38 Å². The van der Waals surface area contributed by atoms with Crippen LogP contribution in [0, 0.1) is 18.3 Å². The number of imidazole rings is 1. The van der Waals surface area contributed by atoms with Crippen molar-refractivity contribution in [2.45, 2.75) is 13.1 Å². The number of hydrogen-bond acceptors (Lipinski definition) is 3. The van der Waals surface area contributed by atoms with E-state index in [2.05, 4.69) is 16.4 Å². The van der Waals surface area contributed by atoms with E-state index in [0.717, 1.165) is 17.6 Å². The summed E-state index contributed by atoms with van der Waals surface area (Å²) in [5.74, 6) is 0.537. The van der Waals surface area contributed by atoms with Gasteiger partial charge in [-0.15, -0.1) is 0 Å². The lowest BCUT2D eigenvalue weighted by Gasteiger charge is -2.14. The summed E-state index contributed by atoms with van der Waals surface area (Å²) in [7, 11) is 0. The zero-order valence-corrected chi connectivity index (χ0v) is 14.2. The number of benzene rings is 2. The maximum Gasteiger partial charge on any atom is 0.416 e. The van der Waals surface area contributed by atoms with E-state index in [-0.39, 0.29) is 0 Å². The number of halogens is 3. The number of hydrogen-bond donors (Lipinski definition) is 1. The highest BCUT2D eigenvalue weighted by molar-refractivity contribution is 5.85. The third-order valence-corrected chi connectivity index (χ3v) is 4.35. The van der Waals surface area contributed by atoms with Crippen LogP contribution in [0.15, 0.2) is 54.6 Å². The molecule has 0 atom stereocenters. The summed E-state index contributed by atoms with van der Waals surface area (Å²) in [6.45, 7) is 1.77. The van der Waals surface area contributed by atoms with E-state index in [9.17, 15) is 18.4 Å². The third-order valence-electron chi connectivity index (χ3n) is 4.35. The van der Waals surface area contributed by atoms with E-state index < -0.39 is 11.7 Å². The van der Waals surface area contributed by atoms with Gasteiger partial charge in [-0.25, -0.2) is 4.98 Å². The molecule has 4 rings (SSSR count). The molecule has 4 aromatic rings. The molecule has 4 nitrogen and oxygen atoms in total. The van der Waals surface area contributed by atoms with E-state index in [1.165, 1.54) is 6.07 Å². The van der Waals surface area contributed by atoms with Crippen LogP contribution in [-0.2, 0) is 6.18 Å². The summed E-state index contributed by atoms with van der Waals surface area (Å²) in [6, 6.07) is 16.3. The van der Waals surface area contributed by atoms with Crippen LogP contribution in [0.5, 0.6) is 0 Å². The number of para-hydroxylation sites is 2. The smallest absolute Gasteiger partial charge is 0.341 e. The largest absolute Gasteiger partial charge is 0.416 e. The van der Waals surface area contributed by atoms with Crippen molar-refractivity contribution in [1.29, 1.82) is 5.26 Å². The Kier molecular flexibility index (Phi) is 3.77. The Morgan fingerprint density at radius 3 is 2.59 bits per heavy atom. The lowest BCUT2D eigenvalue weighted by Crippen LogP contribution is -2.06. The summed E-state index contributed by atoms with van der Waals surface area (Å²) in [6.07, 6.45) is -4.42. The van der Waals surface area contributed by atoms with Crippen molar-refractivity contribution in [3.63, 3.8) is 0 Å². The lowest BCUT2D eigenvalue weighted by molar-refractivity contribution is -0.137. The van der Waals surface area contributed by atoms with Crippen LogP contribution in [0.2, 0.25) is 0 Å². The third kappa shape index (κ3) is 2.85. The summed E-state index contributed by atoms with van der Waals surface area (Å²) in [4.78, 5) is 4.53. The van der Waals surface area contributed by atoms with Gasteiger partial charge in [0.05, 0.1) is 22.2 Å². The maximum absolute atomic E-state index is 13.0. The number of fused-ring (bicyclic) bond motifs is 3. The van der Waals surface area contributed by atoms with Crippen molar-refractivity contribution >= 4 is 28.2 Å². The van der Waals surface area contributed by atoms with Crippen molar-refractivity contribution in [2.75, 3.05) is 5.32 Å². The molecule has 0 amide bonds. The van der Waals surface area contributed by atoms with Crippen molar-refractivity contribution < 1.29 is 13.2 Å².